The van der Waals surface area contributed by atoms with Gasteiger partial charge in [-0.3, -0.25) is 4.79 Å². The van der Waals surface area contributed by atoms with E-state index in [1.807, 2.05) is 38.1 Å². The van der Waals surface area contributed by atoms with Gasteiger partial charge in [-0.15, -0.1) is 0 Å². The zero-order valence-electron chi connectivity index (χ0n) is 19.7. The summed E-state index contributed by atoms with van der Waals surface area (Å²) in [6.07, 6.45) is 3.18. The zero-order chi connectivity index (χ0) is 24.7. The van der Waals surface area contributed by atoms with Crippen LogP contribution in [0.3, 0.4) is 0 Å². The van der Waals surface area contributed by atoms with Gasteiger partial charge in [0.2, 0.25) is 15.9 Å². The molecule has 1 aliphatic rings. The first-order chi connectivity index (χ1) is 16.2. The second-order valence-electron chi connectivity index (χ2n) is 8.98. The monoisotopic (exact) mass is 508 g/mol. The Morgan fingerprint density at radius 1 is 1.12 bits per heavy atom. The second kappa shape index (κ2) is 12.1. The standard InChI is InChI=1S/C25H33ClN2O5S/c1-18(2)15-23(25(27)29)28(34(30,31)22-12-10-21(26)11-13-22)16-19-6-8-20(9-7-19)17-33-24-5-3-4-14-32-24/h6-13,18,23-24H,3-5,14-17H2,1-2H3,(H2,27,29)/t23-,24?/m0/s1. The highest BCUT2D eigenvalue weighted by atomic mass is 35.5. The van der Waals surface area contributed by atoms with E-state index >= 15 is 0 Å². The molecule has 3 rings (SSSR count). The van der Waals surface area contributed by atoms with Gasteiger partial charge in [0.25, 0.3) is 0 Å². The van der Waals surface area contributed by atoms with E-state index in [9.17, 15) is 13.2 Å². The summed E-state index contributed by atoms with van der Waals surface area (Å²) in [5, 5.41) is 0.426. The Hall–Kier alpha value is -1.97. The van der Waals surface area contributed by atoms with Crippen molar-refractivity contribution in [3.8, 4) is 0 Å². The molecular formula is C25H33ClN2O5S. The summed E-state index contributed by atoms with van der Waals surface area (Å²) in [6.45, 7) is 4.99. The molecule has 0 aromatic heterocycles. The predicted molar refractivity (Wildman–Crippen MR) is 131 cm³/mol. The maximum absolute atomic E-state index is 13.6. The van der Waals surface area contributed by atoms with Crippen LogP contribution in [0.15, 0.2) is 53.4 Å². The maximum atomic E-state index is 13.6. The van der Waals surface area contributed by atoms with E-state index in [-0.39, 0.29) is 23.6 Å². The quantitative estimate of drug-likeness (QED) is 0.482. The van der Waals surface area contributed by atoms with E-state index in [0.29, 0.717) is 18.1 Å². The van der Waals surface area contributed by atoms with E-state index < -0.39 is 22.0 Å². The van der Waals surface area contributed by atoms with Crippen LogP contribution in [0.1, 0.15) is 50.7 Å². The van der Waals surface area contributed by atoms with E-state index in [2.05, 4.69) is 0 Å². The summed E-state index contributed by atoms with van der Waals surface area (Å²) in [6, 6.07) is 12.4. The molecular weight excluding hydrogens is 476 g/mol. The van der Waals surface area contributed by atoms with Crippen LogP contribution in [-0.2, 0) is 37.4 Å². The van der Waals surface area contributed by atoms with Crippen molar-refractivity contribution in [1.29, 1.82) is 0 Å². The molecule has 1 heterocycles. The topological polar surface area (TPSA) is 98.9 Å². The van der Waals surface area contributed by atoms with Gasteiger partial charge < -0.3 is 15.2 Å². The minimum atomic E-state index is -4.01. The molecule has 7 nitrogen and oxygen atoms in total. The van der Waals surface area contributed by atoms with Gasteiger partial charge in [-0.2, -0.15) is 4.31 Å². The Labute approximate surface area is 207 Å². The molecule has 1 fully saturated rings. The fourth-order valence-corrected chi connectivity index (χ4v) is 5.60. The van der Waals surface area contributed by atoms with E-state index in [0.717, 1.165) is 37.0 Å². The molecule has 0 aliphatic carbocycles. The van der Waals surface area contributed by atoms with Crippen LogP contribution in [-0.4, -0.2) is 37.6 Å². The van der Waals surface area contributed by atoms with Gasteiger partial charge in [0.05, 0.1) is 11.5 Å². The Morgan fingerprint density at radius 2 is 1.76 bits per heavy atom. The highest BCUT2D eigenvalue weighted by Gasteiger charge is 2.35. The third-order valence-corrected chi connectivity index (χ3v) is 7.85. The molecule has 2 aromatic rings. The van der Waals surface area contributed by atoms with Crippen molar-refractivity contribution in [2.24, 2.45) is 11.7 Å². The number of rotatable bonds is 11. The number of sulfonamides is 1. The number of carbonyl (C=O) groups is 1. The van der Waals surface area contributed by atoms with Crippen LogP contribution >= 0.6 is 11.6 Å². The number of carbonyl (C=O) groups excluding carboxylic acids is 1. The van der Waals surface area contributed by atoms with Crippen molar-refractivity contribution < 1.29 is 22.7 Å². The number of ether oxygens (including phenoxy) is 2. The first-order valence-electron chi connectivity index (χ1n) is 11.5. The molecule has 2 N–H and O–H groups in total. The number of hydrogen-bond acceptors (Lipinski definition) is 5. The molecule has 1 aliphatic heterocycles. The third kappa shape index (κ3) is 7.26. The predicted octanol–water partition coefficient (Wildman–Crippen LogP) is 4.47. The molecule has 0 radical (unpaired) electrons. The van der Waals surface area contributed by atoms with Crippen molar-refractivity contribution in [3.05, 3.63) is 64.7 Å². The van der Waals surface area contributed by atoms with Crippen molar-refractivity contribution in [2.75, 3.05) is 6.61 Å². The number of halogens is 1. The molecule has 1 amide bonds. The number of nitrogens with two attached hydrogens (primary N) is 1. The van der Waals surface area contributed by atoms with Gasteiger partial charge >= 0.3 is 0 Å². The molecule has 9 heteroatoms. The summed E-state index contributed by atoms with van der Waals surface area (Å²) in [4.78, 5) is 12.4. The molecule has 2 aromatic carbocycles. The molecule has 0 spiro atoms. The molecule has 2 atom stereocenters. The Bertz CT molecular complexity index is 1040. The van der Waals surface area contributed by atoms with Gasteiger partial charge in [-0.05, 0) is 67.0 Å². The highest BCUT2D eigenvalue weighted by Crippen LogP contribution is 2.26. The minimum Gasteiger partial charge on any atom is -0.368 e. The van der Waals surface area contributed by atoms with Crippen molar-refractivity contribution in [1.82, 2.24) is 4.31 Å². The third-order valence-electron chi connectivity index (χ3n) is 5.73. The maximum Gasteiger partial charge on any atom is 0.244 e. The van der Waals surface area contributed by atoms with Gasteiger partial charge in [0.15, 0.2) is 6.29 Å². The van der Waals surface area contributed by atoms with E-state index in [1.165, 1.54) is 28.6 Å². The van der Waals surface area contributed by atoms with Gasteiger partial charge in [0.1, 0.15) is 6.04 Å². The lowest BCUT2D eigenvalue weighted by Gasteiger charge is -2.30. The summed E-state index contributed by atoms with van der Waals surface area (Å²) < 4.78 is 39.7. The molecule has 34 heavy (non-hydrogen) atoms. The number of hydrogen-bond donors (Lipinski definition) is 1. The Balaban J connectivity index is 1.81. The Morgan fingerprint density at radius 3 is 2.32 bits per heavy atom. The number of primary amides is 1. The summed E-state index contributed by atoms with van der Waals surface area (Å²) in [5.41, 5.74) is 7.38. The average molecular weight is 509 g/mol. The van der Waals surface area contributed by atoms with Crippen LogP contribution in [0.5, 0.6) is 0 Å². The Kier molecular flexibility index (Phi) is 9.50. The molecule has 0 saturated carbocycles. The lowest BCUT2D eigenvalue weighted by molar-refractivity contribution is -0.168. The van der Waals surface area contributed by atoms with Crippen LogP contribution in [0.25, 0.3) is 0 Å². The summed E-state index contributed by atoms with van der Waals surface area (Å²) >= 11 is 5.94. The molecule has 1 unspecified atom stereocenters. The minimum absolute atomic E-state index is 0.0121. The normalized spacial score (nSPS) is 17.7. The lowest BCUT2D eigenvalue weighted by atomic mass is 10.0. The van der Waals surface area contributed by atoms with Crippen molar-refractivity contribution in [3.63, 3.8) is 0 Å². The van der Waals surface area contributed by atoms with E-state index in [4.69, 9.17) is 26.8 Å². The van der Waals surface area contributed by atoms with Gasteiger partial charge in [-0.25, -0.2) is 8.42 Å². The average Bonchev–Trinajstić information content (AvgIpc) is 2.81. The molecule has 186 valence electrons. The zero-order valence-corrected chi connectivity index (χ0v) is 21.2. The summed E-state index contributed by atoms with van der Waals surface area (Å²) in [5.74, 6) is -0.606. The van der Waals surface area contributed by atoms with Crippen LogP contribution < -0.4 is 5.73 Å². The largest absolute Gasteiger partial charge is 0.368 e. The van der Waals surface area contributed by atoms with E-state index in [1.54, 1.807) is 0 Å². The fourth-order valence-electron chi connectivity index (χ4n) is 3.88. The fraction of sp³-hybridized carbons (Fsp3) is 0.480. The number of benzene rings is 2. The second-order valence-corrected chi connectivity index (χ2v) is 11.3. The van der Waals surface area contributed by atoms with Gasteiger partial charge in [0, 0.05) is 18.2 Å². The van der Waals surface area contributed by atoms with Crippen molar-refractivity contribution in [2.45, 2.75) is 69.9 Å². The van der Waals surface area contributed by atoms with Crippen LogP contribution in [0.2, 0.25) is 5.02 Å². The number of nitrogens with zero attached hydrogens (tertiary/aromatic N) is 1. The van der Waals surface area contributed by atoms with Crippen LogP contribution in [0, 0.1) is 5.92 Å². The van der Waals surface area contributed by atoms with Crippen molar-refractivity contribution >= 4 is 27.5 Å². The molecule has 1 saturated heterocycles. The lowest BCUT2D eigenvalue weighted by Crippen LogP contribution is -2.48. The smallest absolute Gasteiger partial charge is 0.244 e. The first kappa shape index (κ1) is 26.6. The molecule has 0 bridgehead atoms. The SMILES string of the molecule is CC(C)C[C@@H](C(N)=O)N(Cc1ccc(COC2CCCCO2)cc1)S(=O)(=O)c1ccc(Cl)cc1. The first-order valence-corrected chi connectivity index (χ1v) is 13.4. The summed E-state index contributed by atoms with van der Waals surface area (Å²) in [7, 11) is -4.01. The van der Waals surface area contributed by atoms with Gasteiger partial charge in [-0.1, -0.05) is 49.7 Å². The number of amides is 1. The highest BCUT2D eigenvalue weighted by molar-refractivity contribution is 7.89. The van der Waals surface area contributed by atoms with Crippen LogP contribution in [0.4, 0.5) is 0 Å².